The Hall–Kier alpha value is -1.42. The molecule has 2 aromatic rings. The fraction of sp³-hybridized carbons (Fsp3) is 0.182. The summed E-state index contributed by atoms with van der Waals surface area (Å²) in [5, 5.41) is 21.0. The summed E-state index contributed by atoms with van der Waals surface area (Å²) in [5.74, 6) is -0.174. The van der Waals surface area contributed by atoms with Crippen molar-refractivity contribution < 1.29 is 14.8 Å². The maximum absolute atomic E-state index is 9.78. The van der Waals surface area contributed by atoms with Gasteiger partial charge in [-0.3, -0.25) is 0 Å². The molecule has 1 heterocycles. The second kappa shape index (κ2) is 3.62. The van der Waals surface area contributed by atoms with Crippen LogP contribution in [0.4, 0.5) is 0 Å². The molecular weight excluding hydrogens is 210 g/mol. The van der Waals surface area contributed by atoms with Crippen LogP contribution in [0, 0.1) is 0 Å². The van der Waals surface area contributed by atoms with Crippen molar-refractivity contribution in [3.05, 3.63) is 24.4 Å². The van der Waals surface area contributed by atoms with E-state index in [2.05, 4.69) is 0 Å². The van der Waals surface area contributed by atoms with Crippen molar-refractivity contribution in [2.24, 2.45) is 7.05 Å². The molecule has 0 spiro atoms. The Morgan fingerprint density at radius 1 is 1.20 bits per heavy atom. The Bertz CT molecular complexity index is 525. The van der Waals surface area contributed by atoms with Crippen LogP contribution in [-0.2, 0) is 7.05 Å². The normalized spacial score (nSPS) is 10.8. The van der Waals surface area contributed by atoms with E-state index >= 15 is 0 Å². The fourth-order valence-electron chi connectivity index (χ4n) is 1.60. The number of hydrogen-bond acceptors (Lipinski definition) is 3. The molecule has 0 amide bonds. The van der Waals surface area contributed by atoms with Crippen LogP contribution in [0.25, 0.3) is 10.8 Å². The summed E-state index contributed by atoms with van der Waals surface area (Å²) in [5.41, 5.74) is 0. The predicted octanol–water partition coefficient (Wildman–Crippen LogP) is 1.80. The topological polar surface area (TPSA) is 44.3 Å². The molecule has 78 valence electrons. The summed E-state index contributed by atoms with van der Waals surface area (Å²) in [6.45, 7) is 0. The lowest BCUT2D eigenvalue weighted by molar-refractivity contribution is -0.676. The van der Waals surface area contributed by atoms with E-state index in [1.807, 2.05) is 24.6 Å². The zero-order valence-electron chi connectivity index (χ0n) is 8.56. The summed E-state index contributed by atoms with van der Waals surface area (Å²) in [7, 11) is 1.70. The minimum absolute atomic E-state index is 0.0640. The van der Waals surface area contributed by atoms with E-state index in [9.17, 15) is 10.2 Å². The molecule has 0 saturated heterocycles. The highest BCUT2D eigenvalue weighted by atomic mass is 32.2. The number of pyridine rings is 1. The summed E-state index contributed by atoms with van der Waals surface area (Å²) >= 11 is 1.62. The molecule has 2 N–H and O–H groups in total. The quantitative estimate of drug-likeness (QED) is 0.571. The summed E-state index contributed by atoms with van der Waals surface area (Å²) in [6, 6.07) is 5.65. The van der Waals surface area contributed by atoms with E-state index in [0.717, 1.165) is 10.3 Å². The van der Waals surface area contributed by atoms with Gasteiger partial charge in [0.15, 0.2) is 6.20 Å². The first-order valence-electron chi connectivity index (χ1n) is 4.52. The average molecular weight is 222 g/mol. The van der Waals surface area contributed by atoms with Gasteiger partial charge in [0.2, 0.25) is 5.75 Å². The molecule has 0 bridgehead atoms. The number of fused-ring (bicyclic) bond motifs is 1. The highest BCUT2D eigenvalue weighted by molar-refractivity contribution is 7.98. The highest BCUT2D eigenvalue weighted by Gasteiger charge is 2.17. The first kappa shape index (κ1) is 10.1. The molecule has 0 unspecified atom stereocenters. The number of rotatable bonds is 1. The van der Waals surface area contributed by atoms with E-state index in [1.165, 1.54) is 4.57 Å². The second-order valence-electron chi connectivity index (χ2n) is 3.33. The van der Waals surface area contributed by atoms with E-state index < -0.39 is 0 Å². The van der Waals surface area contributed by atoms with Gasteiger partial charge in [-0.05, 0) is 18.4 Å². The maximum Gasteiger partial charge on any atom is 0.409 e. The third kappa shape index (κ3) is 1.51. The molecule has 1 aromatic heterocycles. The first-order valence-corrected chi connectivity index (χ1v) is 5.75. The van der Waals surface area contributed by atoms with E-state index in [-0.39, 0.29) is 11.6 Å². The van der Waals surface area contributed by atoms with Crippen molar-refractivity contribution >= 4 is 22.5 Å². The number of thioether (sulfide) groups is 1. The fourth-order valence-corrected chi connectivity index (χ4v) is 2.20. The van der Waals surface area contributed by atoms with Gasteiger partial charge in [0.25, 0.3) is 0 Å². The largest absolute Gasteiger partial charge is 0.499 e. The Balaban J connectivity index is 2.91. The van der Waals surface area contributed by atoms with Crippen molar-refractivity contribution in [1.29, 1.82) is 0 Å². The van der Waals surface area contributed by atoms with Gasteiger partial charge in [0.1, 0.15) is 7.05 Å². The molecule has 0 radical (unpaired) electrons. The zero-order chi connectivity index (χ0) is 11.0. The van der Waals surface area contributed by atoms with Gasteiger partial charge < -0.3 is 10.2 Å². The molecule has 0 fully saturated rings. The smallest absolute Gasteiger partial charge is 0.409 e. The van der Waals surface area contributed by atoms with E-state index in [0.29, 0.717) is 5.39 Å². The highest BCUT2D eigenvalue weighted by Crippen LogP contribution is 2.34. The number of benzene rings is 1. The van der Waals surface area contributed by atoms with Crippen LogP contribution in [-0.4, -0.2) is 16.5 Å². The maximum atomic E-state index is 9.78. The van der Waals surface area contributed by atoms with Crippen LogP contribution in [0.15, 0.2) is 29.3 Å². The molecule has 0 saturated carbocycles. The molecule has 1 aromatic carbocycles. The molecule has 0 atom stereocenters. The number of aromatic hydroxyl groups is 2. The third-order valence-corrected chi connectivity index (χ3v) is 3.21. The predicted molar refractivity (Wildman–Crippen MR) is 60.2 cm³/mol. The van der Waals surface area contributed by atoms with Crippen molar-refractivity contribution in [3.8, 4) is 11.6 Å². The van der Waals surface area contributed by atoms with Crippen LogP contribution in [0.3, 0.4) is 0 Å². The van der Waals surface area contributed by atoms with Crippen molar-refractivity contribution in [3.63, 3.8) is 0 Å². The standard InChI is InChI=1S/C11H11NO2S/c1-12-6-8-7(10(13)11(12)14)4-3-5-9(8)15-2/h3-6,13H,1-2H3/p+1. The number of nitrogens with zero attached hydrogens (tertiary/aromatic N) is 1. The van der Waals surface area contributed by atoms with Crippen LogP contribution < -0.4 is 4.57 Å². The molecule has 15 heavy (non-hydrogen) atoms. The number of aryl methyl sites for hydroxylation is 1. The first-order chi connectivity index (χ1) is 7.15. The molecule has 0 aliphatic carbocycles. The van der Waals surface area contributed by atoms with Gasteiger partial charge in [-0.2, -0.15) is 4.57 Å². The monoisotopic (exact) mass is 222 g/mol. The molecule has 4 heteroatoms. The van der Waals surface area contributed by atoms with Crippen molar-refractivity contribution in [2.75, 3.05) is 6.26 Å². The van der Waals surface area contributed by atoms with Crippen LogP contribution >= 0.6 is 11.8 Å². The number of hydrogen-bond donors (Lipinski definition) is 2. The summed E-state index contributed by atoms with van der Waals surface area (Å²) in [4.78, 5) is 1.08. The minimum atomic E-state index is -0.110. The van der Waals surface area contributed by atoms with E-state index in [1.54, 1.807) is 24.9 Å². The second-order valence-corrected chi connectivity index (χ2v) is 4.18. The SMILES string of the molecule is CSc1cccc2c(O)c(O)[n+](C)cc12. The van der Waals surface area contributed by atoms with Crippen LogP contribution in [0.2, 0.25) is 0 Å². The third-order valence-electron chi connectivity index (χ3n) is 2.41. The van der Waals surface area contributed by atoms with Gasteiger partial charge in [0, 0.05) is 10.3 Å². The van der Waals surface area contributed by atoms with Crippen LogP contribution in [0.1, 0.15) is 0 Å². The van der Waals surface area contributed by atoms with Crippen molar-refractivity contribution in [2.45, 2.75) is 4.90 Å². The summed E-state index contributed by atoms with van der Waals surface area (Å²) < 4.78 is 1.51. The number of aromatic nitrogens is 1. The minimum Gasteiger partial charge on any atom is -0.499 e. The summed E-state index contributed by atoms with van der Waals surface area (Å²) in [6.07, 6.45) is 3.80. The van der Waals surface area contributed by atoms with E-state index in [4.69, 9.17) is 0 Å². The van der Waals surface area contributed by atoms with Gasteiger partial charge in [0.05, 0.1) is 5.39 Å². The lowest BCUT2D eigenvalue weighted by atomic mass is 10.1. The Kier molecular flexibility index (Phi) is 2.44. The van der Waals surface area contributed by atoms with Gasteiger partial charge >= 0.3 is 5.88 Å². The molecular formula is C11H12NO2S+. The lowest BCUT2D eigenvalue weighted by Crippen LogP contribution is -2.27. The van der Waals surface area contributed by atoms with Gasteiger partial charge in [-0.15, -0.1) is 11.8 Å². The molecule has 0 aliphatic heterocycles. The molecule has 0 aliphatic rings. The van der Waals surface area contributed by atoms with Gasteiger partial charge in [-0.25, -0.2) is 0 Å². The van der Waals surface area contributed by atoms with Crippen molar-refractivity contribution in [1.82, 2.24) is 0 Å². The Morgan fingerprint density at radius 2 is 1.93 bits per heavy atom. The molecule has 3 nitrogen and oxygen atoms in total. The van der Waals surface area contributed by atoms with Gasteiger partial charge in [-0.1, -0.05) is 6.07 Å². The molecule has 2 rings (SSSR count). The average Bonchev–Trinajstić information content (AvgIpc) is 2.25. The zero-order valence-corrected chi connectivity index (χ0v) is 9.38. The van der Waals surface area contributed by atoms with Crippen LogP contribution in [0.5, 0.6) is 11.6 Å². The Labute approximate surface area is 92.0 Å². The lowest BCUT2D eigenvalue weighted by Gasteiger charge is -2.04. The Morgan fingerprint density at radius 3 is 2.60 bits per heavy atom.